The summed E-state index contributed by atoms with van der Waals surface area (Å²) in [4.78, 5) is 12.0. The highest BCUT2D eigenvalue weighted by atomic mass is 79.9. The van der Waals surface area contributed by atoms with Crippen LogP contribution in [0.25, 0.3) is 0 Å². The standard InChI is InChI=1S/C10H16Br2O2/c1-2-3-7-14-9(13)10(12)6-4-5-8(10)11/h8H,2-7H2,1H3. The number of ether oxygens (including phenoxy) is 1. The van der Waals surface area contributed by atoms with Crippen LogP contribution in [-0.2, 0) is 9.53 Å². The number of hydrogen-bond donors (Lipinski definition) is 0. The van der Waals surface area contributed by atoms with E-state index in [1.165, 1.54) is 0 Å². The van der Waals surface area contributed by atoms with Gasteiger partial charge in [0.05, 0.1) is 6.61 Å². The quantitative estimate of drug-likeness (QED) is 0.449. The molecule has 1 aliphatic carbocycles. The SMILES string of the molecule is CCCCOC(=O)C1(Br)CCCC1Br. The molecule has 0 radical (unpaired) electrons. The first-order valence-electron chi connectivity index (χ1n) is 5.11. The summed E-state index contributed by atoms with van der Waals surface area (Å²) < 4.78 is 4.75. The lowest BCUT2D eigenvalue weighted by Crippen LogP contribution is -2.38. The third kappa shape index (κ3) is 2.72. The lowest BCUT2D eigenvalue weighted by atomic mass is 10.1. The highest BCUT2D eigenvalue weighted by Crippen LogP contribution is 2.43. The van der Waals surface area contributed by atoms with Gasteiger partial charge in [-0.05, 0) is 19.3 Å². The van der Waals surface area contributed by atoms with Crippen molar-refractivity contribution in [2.45, 2.75) is 48.2 Å². The van der Waals surface area contributed by atoms with Crippen molar-refractivity contribution in [1.29, 1.82) is 0 Å². The molecule has 0 spiro atoms. The Morgan fingerprint density at radius 1 is 1.64 bits per heavy atom. The number of esters is 1. The van der Waals surface area contributed by atoms with Crippen LogP contribution in [0.15, 0.2) is 0 Å². The molecule has 1 aliphatic rings. The zero-order valence-corrected chi connectivity index (χ0v) is 11.6. The van der Waals surface area contributed by atoms with Crippen LogP contribution >= 0.6 is 31.9 Å². The fraction of sp³-hybridized carbons (Fsp3) is 0.900. The van der Waals surface area contributed by atoms with E-state index >= 15 is 0 Å². The molecule has 0 aliphatic heterocycles. The maximum absolute atomic E-state index is 11.8. The smallest absolute Gasteiger partial charge is 0.324 e. The zero-order chi connectivity index (χ0) is 10.6. The van der Waals surface area contributed by atoms with Crippen LogP contribution in [0.5, 0.6) is 0 Å². The van der Waals surface area contributed by atoms with Gasteiger partial charge in [-0.15, -0.1) is 0 Å². The molecule has 0 aromatic heterocycles. The van der Waals surface area contributed by atoms with E-state index in [0.29, 0.717) is 6.61 Å². The molecule has 2 unspecified atom stereocenters. The Morgan fingerprint density at radius 3 is 2.86 bits per heavy atom. The molecule has 2 nitrogen and oxygen atoms in total. The van der Waals surface area contributed by atoms with Crippen molar-refractivity contribution in [3.8, 4) is 0 Å². The number of halogens is 2. The van der Waals surface area contributed by atoms with Crippen molar-refractivity contribution in [3.05, 3.63) is 0 Å². The summed E-state index contributed by atoms with van der Waals surface area (Å²) >= 11 is 7.03. The normalized spacial score (nSPS) is 31.8. The Labute approximate surface area is 102 Å². The summed E-state index contributed by atoms with van der Waals surface area (Å²) in [5.41, 5.74) is 0. The molecule has 2 atom stereocenters. The number of rotatable bonds is 4. The van der Waals surface area contributed by atoms with Crippen molar-refractivity contribution < 1.29 is 9.53 Å². The minimum Gasteiger partial charge on any atom is -0.465 e. The highest BCUT2D eigenvalue weighted by molar-refractivity contribution is 9.12. The van der Waals surface area contributed by atoms with Crippen molar-refractivity contribution in [3.63, 3.8) is 0 Å². The van der Waals surface area contributed by atoms with Gasteiger partial charge in [-0.2, -0.15) is 0 Å². The predicted octanol–water partition coefficient (Wildman–Crippen LogP) is 3.41. The zero-order valence-electron chi connectivity index (χ0n) is 8.39. The molecule has 0 N–H and O–H groups in total. The highest BCUT2D eigenvalue weighted by Gasteiger charge is 2.47. The van der Waals surface area contributed by atoms with Gasteiger partial charge in [0.1, 0.15) is 4.32 Å². The van der Waals surface area contributed by atoms with Crippen molar-refractivity contribution in [2.24, 2.45) is 0 Å². The minimum atomic E-state index is -0.471. The molecule has 0 aromatic carbocycles. The number of carbonyl (C=O) groups is 1. The molecule has 1 fully saturated rings. The fourth-order valence-corrected chi connectivity index (χ4v) is 2.95. The van der Waals surface area contributed by atoms with Gasteiger partial charge in [0.25, 0.3) is 0 Å². The fourth-order valence-electron chi connectivity index (χ4n) is 1.58. The van der Waals surface area contributed by atoms with E-state index < -0.39 is 4.32 Å². The Bertz CT molecular complexity index is 208. The molecule has 1 saturated carbocycles. The second kappa shape index (κ2) is 5.50. The number of alkyl halides is 2. The summed E-state index contributed by atoms with van der Waals surface area (Å²) in [6.07, 6.45) is 4.98. The van der Waals surface area contributed by atoms with Crippen molar-refractivity contribution >= 4 is 37.8 Å². The molecule has 0 bridgehead atoms. The van der Waals surface area contributed by atoms with Crippen LogP contribution in [0.3, 0.4) is 0 Å². The lowest BCUT2D eigenvalue weighted by molar-refractivity contribution is -0.146. The number of carbonyl (C=O) groups excluding carboxylic acids is 1. The van der Waals surface area contributed by atoms with Gasteiger partial charge in [0.2, 0.25) is 0 Å². The van der Waals surface area contributed by atoms with Gasteiger partial charge in [-0.25, -0.2) is 0 Å². The third-order valence-corrected chi connectivity index (χ3v) is 5.69. The van der Waals surface area contributed by atoms with Crippen LogP contribution in [0.4, 0.5) is 0 Å². The van der Waals surface area contributed by atoms with E-state index in [1.807, 2.05) is 0 Å². The predicted molar refractivity (Wildman–Crippen MR) is 64.1 cm³/mol. The lowest BCUT2D eigenvalue weighted by Gasteiger charge is -2.23. The first-order chi connectivity index (χ1) is 6.61. The van der Waals surface area contributed by atoms with E-state index in [2.05, 4.69) is 38.8 Å². The van der Waals surface area contributed by atoms with E-state index in [9.17, 15) is 4.79 Å². The van der Waals surface area contributed by atoms with Gasteiger partial charge in [0, 0.05) is 4.83 Å². The van der Waals surface area contributed by atoms with Crippen LogP contribution in [0.2, 0.25) is 0 Å². The Hall–Kier alpha value is 0.430. The monoisotopic (exact) mass is 326 g/mol. The van der Waals surface area contributed by atoms with E-state index in [1.54, 1.807) is 0 Å². The second-order valence-electron chi connectivity index (χ2n) is 3.71. The topological polar surface area (TPSA) is 26.3 Å². The minimum absolute atomic E-state index is 0.106. The van der Waals surface area contributed by atoms with Crippen LogP contribution < -0.4 is 0 Å². The molecule has 0 heterocycles. The average Bonchev–Trinajstić information content (AvgIpc) is 2.49. The Kier molecular flexibility index (Phi) is 4.91. The van der Waals surface area contributed by atoms with Crippen LogP contribution in [0, 0.1) is 0 Å². The van der Waals surface area contributed by atoms with E-state index in [4.69, 9.17) is 4.74 Å². The van der Waals surface area contributed by atoms with Crippen molar-refractivity contribution in [1.82, 2.24) is 0 Å². The summed E-state index contributed by atoms with van der Waals surface area (Å²) in [7, 11) is 0. The molecule has 0 amide bonds. The first kappa shape index (κ1) is 12.5. The second-order valence-corrected chi connectivity index (χ2v) is 6.23. The maximum atomic E-state index is 11.8. The molecule has 4 heteroatoms. The number of unbranched alkanes of at least 4 members (excludes halogenated alkanes) is 1. The molecule has 0 aromatic rings. The van der Waals surface area contributed by atoms with Crippen LogP contribution in [0.1, 0.15) is 39.0 Å². The number of hydrogen-bond acceptors (Lipinski definition) is 2. The molecular formula is C10H16Br2O2. The molecule has 14 heavy (non-hydrogen) atoms. The third-order valence-electron chi connectivity index (χ3n) is 2.57. The Morgan fingerprint density at radius 2 is 2.36 bits per heavy atom. The largest absolute Gasteiger partial charge is 0.465 e. The molecular weight excluding hydrogens is 312 g/mol. The summed E-state index contributed by atoms with van der Waals surface area (Å²) in [6.45, 7) is 2.63. The summed E-state index contributed by atoms with van der Waals surface area (Å²) in [5.74, 6) is -0.106. The van der Waals surface area contributed by atoms with Gasteiger partial charge >= 0.3 is 5.97 Å². The van der Waals surface area contributed by atoms with Crippen molar-refractivity contribution in [2.75, 3.05) is 6.61 Å². The Balaban J connectivity index is 2.42. The summed E-state index contributed by atoms with van der Waals surface area (Å²) in [6, 6.07) is 0. The summed E-state index contributed by atoms with van der Waals surface area (Å²) in [5, 5.41) is 0. The first-order valence-corrected chi connectivity index (χ1v) is 6.82. The molecule has 1 rings (SSSR count). The van der Waals surface area contributed by atoms with Gasteiger partial charge < -0.3 is 4.74 Å². The molecule has 82 valence electrons. The van der Waals surface area contributed by atoms with E-state index in [0.717, 1.165) is 32.1 Å². The molecule has 0 saturated heterocycles. The van der Waals surface area contributed by atoms with Gasteiger partial charge in [0.15, 0.2) is 0 Å². The van der Waals surface area contributed by atoms with E-state index in [-0.39, 0.29) is 10.8 Å². The average molecular weight is 328 g/mol. The maximum Gasteiger partial charge on any atom is 0.324 e. The van der Waals surface area contributed by atoms with Crippen LogP contribution in [-0.4, -0.2) is 21.7 Å². The van der Waals surface area contributed by atoms with Gasteiger partial charge in [-0.3, -0.25) is 4.79 Å². The van der Waals surface area contributed by atoms with Gasteiger partial charge in [-0.1, -0.05) is 51.6 Å².